The predicted octanol–water partition coefficient (Wildman–Crippen LogP) is 6.92. The van der Waals surface area contributed by atoms with E-state index in [9.17, 15) is 14.4 Å². The van der Waals surface area contributed by atoms with Crippen LogP contribution < -0.4 is 10.2 Å². The number of hydrogen-bond acceptors (Lipinski definition) is 4. The van der Waals surface area contributed by atoms with Crippen LogP contribution in [-0.4, -0.2) is 27.1 Å². The van der Waals surface area contributed by atoms with Crippen molar-refractivity contribution in [2.75, 3.05) is 4.90 Å². The zero-order valence-corrected chi connectivity index (χ0v) is 24.9. The molecule has 7 nitrogen and oxygen atoms in total. The molecule has 0 unspecified atom stereocenters. The first-order chi connectivity index (χ1) is 21.4. The highest BCUT2D eigenvalue weighted by atomic mass is 16.2. The maximum atomic E-state index is 14.0. The Morgan fingerprint density at radius 3 is 2.39 bits per heavy atom. The number of fused-ring (bicyclic) bond motifs is 2. The molecule has 1 aliphatic rings. The van der Waals surface area contributed by atoms with E-state index >= 15 is 0 Å². The lowest BCUT2D eigenvalue weighted by molar-refractivity contribution is 0.0939. The highest BCUT2D eigenvalue weighted by Gasteiger charge is 2.27. The minimum atomic E-state index is -0.180. The van der Waals surface area contributed by atoms with Crippen LogP contribution in [0, 0.1) is 5.92 Å². The third-order valence-corrected chi connectivity index (χ3v) is 7.92. The Kier molecular flexibility index (Phi) is 8.19. The van der Waals surface area contributed by atoms with E-state index in [2.05, 4.69) is 10.3 Å². The van der Waals surface area contributed by atoms with E-state index in [-0.39, 0.29) is 23.5 Å². The van der Waals surface area contributed by atoms with Gasteiger partial charge in [-0.05, 0) is 64.6 Å². The van der Waals surface area contributed by atoms with Gasteiger partial charge in [0.15, 0.2) is 5.78 Å². The fourth-order valence-electron chi connectivity index (χ4n) is 5.72. The monoisotopic (exact) mass is 582 g/mol. The Morgan fingerprint density at radius 1 is 0.841 bits per heavy atom. The molecule has 0 aliphatic carbocycles. The van der Waals surface area contributed by atoms with E-state index in [1.807, 2.05) is 115 Å². The van der Waals surface area contributed by atoms with Crippen molar-refractivity contribution in [3.05, 3.63) is 143 Å². The SMILES string of the molecule is CC(C)CC(=O)c1ccccc1-c1ccc(C(=O)N2Cc3ccc(C(=O)NCc4cccnc4)n3Cc3ccccc32)cc1. The van der Waals surface area contributed by atoms with Crippen LogP contribution in [0.1, 0.15) is 68.3 Å². The van der Waals surface area contributed by atoms with E-state index in [4.69, 9.17) is 0 Å². The quantitative estimate of drug-likeness (QED) is 0.201. The molecule has 2 amide bonds. The number of carbonyl (C=O) groups excluding carboxylic acids is 3. The van der Waals surface area contributed by atoms with Crippen LogP contribution in [0.2, 0.25) is 0 Å². The van der Waals surface area contributed by atoms with Crippen molar-refractivity contribution in [3.8, 4) is 11.1 Å². The number of ketones is 1. The van der Waals surface area contributed by atoms with Gasteiger partial charge in [0.25, 0.3) is 11.8 Å². The summed E-state index contributed by atoms with van der Waals surface area (Å²) in [6.45, 7) is 5.25. The zero-order chi connectivity index (χ0) is 30.6. The fraction of sp³-hybridized carbons (Fsp3) is 0.189. The molecule has 3 heterocycles. The Morgan fingerprint density at radius 2 is 1.61 bits per heavy atom. The van der Waals surface area contributed by atoms with Gasteiger partial charge in [0, 0.05) is 47.9 Å². The molecule has 44 heavy (non-hydrogen) atoms. The van der Waals surface area contributed by atoms with Crippen molar-refractivity contribution in [1.82, 2.24) is 14.9 Å². The van der Waals surface area contributed by atoms with Gasteiger partial charge in [-0.2, -0.15) is 0 Å². The first-order valence-corrected chi connectivity index (χ1v) is 14.9. The number of aromatic nitrogens is 2. The Hall–Kier alpha value is -5.30. The maximum Gasteiger partial charge on any atom is 0.268 e. The van der Waals surface area contributed by atoms with Crippen LogP contribution in [0.5, 0.6) is 0 Å². The van der Waals surface area contributed by atoms with Gasteiger partial charge in [-0.1, -0.05) is 74.5 Å². The third kappa shape index (κ3) is 5.95. The molecule has 1 aliphatic heterocycles. The standard InChI is InChI=1S/C37H34N4O3/c1-25(2)20-35(42)32-11-5-4-10-31(32)27-13-15-28(16-14-27)37(44)41-24-30-17-18-34(36(43)39-22-26-8-7-19-38-21-26)40(30)23-29-9-3-6-12-33(29)41/h3-19,21,25H,20,22-24H2,1-2H3,(H,39,43). The van der Waals surface area contributed by atoms with Crippen molar-refractivity contribution >= 4 is 23.3 Å². The second-order valence-corrected chi connectivity index (χ2v) is 11.5. The van der Waals surface area contributed by atoms with E-state index < -0.39 is 0 Å². The van der Waals surface area contributed by atoms with Crippen LogP contribution in [0.25, 0.3) is 11.1 Å². The number of Topliss-reactive ketones (excluding diaryl/α,β-unsaturated/α-hetero) is 1. The summed E-state index contributed by atoms with van der Waals surface area (Å²) in [5.74, 6) is 0.0704. The van der Waals surface area contributed by atoms with Gasteiger partial charge >= 0.3 is 0 Å². The van der Waals surface area contributed by atoms with Gasteiger partial charge in [-0.15, -0.1) is 0 Å². The first-order valence-electron chi connectivity index (χ1n) is 14.9. The van der Waals surface area contributed by atoms with Crippen LogP contribution >= 0.6 is 0 Å². The van der Waals surface area contributed by atoms with Gasteiger partial charge in [0.2, 0.25) is 0 Å². The summed E-state index contributed by atoms with van der Waals surface area (Å²) in [7, 11) is 0. The molecule has 0 fully saturated rings. The van der Waals surface area contributed by atoms with Crippen LogP contribution in [0.4, 0.5) is 5.69 Å². The first kappa shape index (κ1) is 28.8. The third-order valence-electron chi connectivity index (χ3n) is 7.92. The molecule has 0 bridgehead atoms. The van der Waals surface area contributed by atoms with Gasteiger partial charge in [0.05, 0.1) is 13.1 Å². The van der Waals surface area contributed by atoms with Crippen molar-refractivity contribution < 1.29 is 14.4 Å². The molecule has 1 N–H and O–H groups in total. The molecule has 6 rings (SSSR count). The second kappa shape index (κ2) is 12.5. The fourth-order valence-corrected chi connectivity index (χ4v) is 5.72. The van der Waals surface area contributed by atoms with E-state index in [0.29, 0.717) is 42.9 Å². The van der Waals surface area contributed by atoms with Crippen LogP contribution in [0.15, 0.2) is 109 Å². The minimum Gasteiger partial charge on any atom is -0.347 e. The molecular weight excluding hydrogens is 548 g/mol. The van der Waals surface area contributed by atoms with Crippen LogP contribution in [-0.2, 0) is 19.6 Å². The maximum absolute atomic E-state index is 14.0. The topological polar surface area (TPSA) is 84.3 Å². The number of pyridine rings is 1. The zero-order valence-electron chi connectivity index (χ0n) is 24.9. The molecule has 220 valence electrons. The average molecular weight is 583 g/mol. The molecule has 3 aromatic carbocycles. The largest absolute Gasteiger partial charge is 0.347 e. The van der Waals surface area contributed by atoms with E-state index in [1.165, 1.54) is 0 Å². The number of anilines is 1. The summed E-state index contributed by atoms with van der Waals surface area (Å²) < 4.78 is 1.99. The summed E-state index contributed by atoms with van der Waals surface area (Å²) in [4.78, 5) is 46.1. The summed E-state index contributed by atoms with van der Waals surface area (Å²) in [6.07, 6.45) is 3.92. The minimum absolute atomic E-state index is 0.116. The highest BCUT2D eigenvalue weighted by Crippen LogP contribution is 2.31. The number of amides is 2. The lowest BCUT2D eigenvalue weighted by Crippen LogP contribution is -2.30. The van der Waals surface area contributed by atoms with Crippen molar-refractivity contribution in [3.63, 3.8) is 0 Å². The number of rotatable bonds is 8. The molecule has 0 saturated heterocycles. The normalized spacial score (nSPS) is 12.3. The number of hydrogen-bond donors (Lipinski definition) is 1. The van der Waals surface area contributed by atoms with Crippen molar-refractivity contribution in [2.24, 2.45) is 5.92 Å². The molecule has 5 aromatic rings. The van der Waals surface area contributed by atoms with Gasteiger partial charge in [0.1, 0.15) is 5.69 Å². The van der Waals surface area contributed by atoms with Crippen molar-refractivity contribution in [1.29, 1.82) is 0 Å². The molecule has 0 atom stereocenters. The van der Waals surface area contributed by atoms with E-state index in [0.717, 1.165) is 33.6 Å². The average Bonchev–Trinajstić information content (AvgIpc) is 3.36. The smallest absolute Gasteiger partial charge is 0.268 e. The number of benzene rings is 3. The summed E-state index contributed by atoms with van der Waals surface area (Å²) in [5.41, 5.74) is 7.10. The summed E-state index contributed by atoms with van der Waals surface area (Å²) >= 11 is 0. The number of nitrogens with one attached hydrogen (secondary N) is 1. The number of carbonyl (C=O) groups is 3. The lowest BCUT2D eigenvalue weighted by Gasteiger charge is -2.23. The Bertz CT molecular complexity index is 1820. The number of para-hydroxylation sites is 1. The van der Waals surface area contributed by atoms with Gasteiger partial charge in [-0.3, -0.25) is 19.4 Å². The molecule has 2 aromatic heterocycles. The molecule has 7 heteroatoms. The van der Waals surface area contributed by atoms with Crippen molar-refractivity contribution in [2.45, 2.75) is 39.9 Å². The molecular formula is C37H34N4O3. The second-order valence-electron chi connectivity index (χ2n) is 11.5. The highest BCUT2D eigenvalue weighted by molar-refractivity contribution is 6.07. The van der Waals surface area contributed by atoms with E-state index in [1.54, 1.807) is 17.3 Å². The summed E-state index contributed by atoms with van der Waals surface area (Å²) in [5, 5.41) is 2.99. The summed E-state index contributed by atoms with van der Waals surface area (Å²) in [6, 6.07) is 30.4. The van der Waals surface area contributed by atoms with Crippen LogP contribution in [0.3, 0.4) is 0 Å². The predicted molar refractivity (Wildman–Crippen MR) is 172 cm³/mol. The molecule has 0 radical (unpaired) electrons. The Balaban J connectivity index is 1.26. The molecule has 0 spiro atoms. The molecule has 0 saturated carbocycles. The van der Waals surface area contributed by atoms with Gasteiger partial charge in [-0.25, -0.2) is 0 Å². The van der Waals surface area contributed by atoms with Gasteiger partial charge < -0.3 is 14.8 Å². The Labute approximate surface area is 257 Å². The number of nitrogens with zero attached hydrogens (tertiary/aromatic N) is 3. The lowest BCUT2D eigenvalue weighted by atomic mass is 9.93.